The fourth-order valence-electron chi connectivity index (χ4n) is 5.72. The molecule has 186 valence electrons. The second-order valence-electron chi connectivity index (χ2n) is 9.77. The molecule has 1 aromatic heterocycles. The van der Waals surface area contributed by atoms with Crippen LogP contribution in [0.15, 0.2) is 30.3 Å². The van der Waals surface area contributed by atoms with Crippen LogP contribution in [0, 0.1) is 5.92 Å². The molecular formula is C25H30ClN5O4. The minimum Gasteiger partial charge on any atom is -0.481 e. The summed E-state index contributed by atoms with van der Waals surface area (Å²) in [6.45, 7) is 1.99. The fourth-order valence-corrected chi connectivity index (χ4v) is 5.94. The Morgan fingerprint density at radius 3 is 2.57 bits per heavy atom. The maximum atomic E-state index is 13.5. The highest BCUT2D eigenvalue weighted by Gasteiger charge is 2.43. The van der Waals surface area contributed by atoms with E-state index in [1.165, 1.54) is 0 Å². The number of nitrogens with zero attached hydrogens (tertiary/aromatic N) is 4. The molecule has 9 nitrogen and oxygen atoms in total. The van der Waals surface area contributed by atoms with Crippen molar-refractivity contribution >= 4 is 29.5 Å². The summed E-state index contributed by atoms with van der Waals surface area (Å²) in [5.74, 6) is -1.27. The highest BCUT2D eigenvalue weighted by atomic mass is 35.5. The number of aliphatic carboxylic acids is 1. The number of rotatable bonds is 4. The zero-order chi connectivity index (χ0) is 24.5. The van der Waals surface area contributed by atoms with Crippen LogP contribution >= 0.6 is 11.6 Å². The average molecular weight is 500 g/mol. The van der Waals surface area contributed by atoms with Crippen LogP contribution in [0.3, 0.4) is 0 Å². The topological polar surface area (TPSA) is 108 Å². The van der Waals surface area contributed by atoms with Crippen LogP contribution in [-0.4, -0.2) is 61.2 Å². The van der Waals surface area contributed by atoms with Crippen molar-refractivity contribution in [2.24, 2.45) is 5.92 Å². The molecule has 0 spiro atoms. The van der Waals surface area contributed by atoms with Crippen molar-refractivity contribution in [3.63, 3.8) is 0 Å². The zero-order valence-electron chi connectivity index (χ0n) is 19.5. The summed E-state index contributed by atoms with van der Waals surface area (Å²) >= 11 is 6.03. The van der Waals surface area contributed by atoms with Gasteiger partial charge in [0.25, 0.3) is 5.91 Å². The summed E-state index contributed by atoms with van der Waals surface area (Å²) in [7, 11) is 0. The van der Waals surface area contributed by atoms with E-state index in [1.807, 2.05) is 27.8 Å². The molecule has 10 heteroatoms. The number of hydrogen-bond donors (Lipinski definition) is 2. The van der Waals surface area contributed by atoms with Gasteiger partial charge in [-0.05, 0) is 62.3 Å². The number of carboxylic acids is 1. The smallest absolute Gasteiger partial charge is 0.318 e. The SMILES string of the molecule is O=C(O)C1CC2CCCC(C1)N2C(=O)c1cc2n(n1)CCCN(C(=O)NCc1cccc(Cl)c1)C2. The van der Waals surface area contributed by atoms with Gasteiger partial charge in [-0.15, -0.1) is 0 Å². The molecule has 5 rings (SSSR count). The molecule has 0 saturated carbocycles. The first-order valence-electron chi connectivity index (χ1n) is 12.3. The van der Waals surface area contributed by atoms with Crippen LogP contribution in [0.1, 0.15) is 60.3 Å². The monoisotopic (exact) mass is 499 g/mol. The van der Waals surface area contributed by atoms with E-state index in [9.17, 15) is 19.5 Å². The van der Waals surface area contributed by atoms with Gasteiger partial charge in [-0.3, -0.25) is 14.3 Å². The number of halogens is 1. The second-order valence-corrected chi connectivity index (χ2v) is 10.2. The largest absolute Gasteiger partial charge is 0.481 e. The lowest BCUT2D eigenvalue weighted by Crippen LogP contribution is -2.55. The van der Waals surface area contributed by atoms with Crippen LogP contribution in [0.25, 0.3) is 0 Å². The van der Waals surface area contributed by atoms with Gasteiger partial charge in [0.05, 0.1) is 18.2 Å². The van der Waals surface area contributed by atoms with Crippen LogP contribution in [0.4, 0.5) is 4.79 Å². The first-order chi connectivity index (χ1) is 16.9. The van der Waals surface area contributed by atoms with Gasteiger partial charge in [0.15, 0.2) is 5.69 Å². The Bertz CT molecular complexity index is 1120. The Labute approximate surface area is 209 Å². The second kappa shape index (κ2) is 9.89. The van der Waals surface area contributed by atoms with Crippen molar-refractivity contribution in [3.05, 3.63) is 52.3 Å². The molecule has 2 saturated heterocycles. The van der Waals surface area contributed by atoms with E-state index in [4.69, 9.17) is 11.6 Å². The van der Waals surface area contributed by atoms with Gasteiger partial charge in [-0.2, -0.15) is 5.10 Å². The van der Waals surface area contributed by atoms with Gasteiger partial charge in [-0.25, -0.2) is 4.79 Å². The Morgan fingerprint density at radius 1 is 1.09 bits per heavy atom. The van der Waals surface area contributed by atoms with Gasteiger partial charge in [-0.1, -0.05) is 23.7 Å². The normalized spacial score (nSPS) is 23.9. The standard InChI is InChI=1S/C25H30ClN5O4/c26-18-5-1-4-16(10-18)14-27-25(35)29-8-3-9-30-21(15-29)13-22(28-30)23(32)31-19-6-2-7-20(31)12-17(11-19)24(33)34/h1,4-5,10,13,17,19-20H,2-3,6-9,11-12,14-15H2,(H,27,35)(H,33,34). The van der Waals surface area contributed by atoms with Crippen molar-refractivity contribution in [2.45, 2.75) is 70.2 Å². The fraction of sp³-hybridized carbons (Fsp3) is 0.520. The van der Waals surface area contributed by atoms with E-state index in [1.54, 1.807) is 17.0 Å². The Kier molecular flexibility index (Phi) is 6.69. The Morgan fingerprint density at radius 2 is 1.86 bits per heavy atom. The number of nitrogens with one attached hydrogen (secondary N) is 1. The van der Waals surface area contributed by atoms with E-state index in [2.05, 4.69) is 10.4 Å². The predicted octanol–water partition coefficient (Wildman–Crippen LogP) is 3.51. The molecule has 35 heavy (non-hydrogen) atoms. The Hall–Kier alpha value is -3.07. The van der Waals surface area contributed by atoms with E-state index >= 15 is 0 Å². The number of aryl methyl sites for hydroxylation is 1. The quantitative estimate of drug-likeness (QED) is 0.669. The zero-order valence-corrected chi connectivity index (χ0v) is 20.3. The number of piperidine rings is 2. The maximum Gasteiger partial charge on any atom is 0.318 e. The predicted molar refractivity (Wildman–Crippen MR) is 129 cm³/mol. The number of carboxylic acid groups (broad SMARTS) is 1. The van der Waals surface area contributed by atoms with E-state index in [-0.39, 0.29) is 29.9 Å². The van der Waals surface area contributed by atoms with Crippen molar-refractivity contribution < 1.29 is 19.5 Å². The van der Waals surface area contributed by atoms with E-state index in [0.29, 0.717) is 49.7 Å². The molecule has 3 aliphatic heterocycles. The molecule has 4 heterocycles. The third kappa shape index (κ3) is 5.00. The van der Waals surface area contributed by atoms with Crippen molar-refractivity contribution in [1.29, 1.82) is 0 Å². The summed E-state index contributed by atoms with van der Waals surface area (Å²) in [5.41, 5.74) is 2.14. The third-order valence-corrected chi connectivity index (χ3v) is 7.65. The number of carbonyl (C=O) groups excluding carboxylic acids is 2. The highest BCUT2D eigenvalue weighted by Crippen LogP contribution is 2.38. The molecule has 2 unspecified atom stereocenters. The molecule has 3 aliphatic rings. The maximum absolute atomic E-state index is 13.5. The molecule has 3 amide bonds. The summed E-state index contributed by atoms with van der Waals surface area (Å²) in [6, 6.07) is 8.91. The van der Waals surface area contributed by atoms with Gasteiger partial charge in [0.2, 0.25) is 0 Å². The number of hydrogen-bond acceptors (Lipinski definition) is 4. The summed E-state index contributed by atoms with van der Waals surface area (Å²) in [5, 5.41) is 17.7. The minimum atomic E-state index is -0.767. The van der Waals surface area contributed by atoms with Gasteiger partial charge in [0, 0.05) is 36.7 Å². The number of fused-ring (bicyclic) bond motifs is 3. The van der Waals surface area contributed by atoms with Crippen molar-refractivity contribution in [1.82, 2.24) is 24.9 Å². The molecular weight excluding hydrogens is 470 g/mol. The van der Waals surface area contributed by atoms with E-state index in [0.717, 1.165) is 36.9 Å². The summed E-state index contributed by atoms with van der Waals surface area (Å²) in [6.07, 6.45) is 4.43. The third-order valence-electron chi connectivity index (χ3n) is 7.41. The molecule has 0 aliphatic carbocycles. The molecule has 2 bridgehead atoms. The molecule has 0 radical (unpaired) electrons. The summed E-state index contributed by atoms with van der Waals surface area (Å²) in [4.78, 5) is 41.5. The molecule has 2 N–H and O–H groups in total. The van der Waals surface area contributed by atoms with Gasteiger partial charge in [0.1, 0.15) is 0 Å². The van der Waals surface area contributed by atoms with Gasteiger partial charge < -0.3 is 20.2 Å². The van der Waals surface area contributed by atoms with Crippen LogP contribution < -0.4 is 5.32 Å². The minimum absolute atomic E-state index is 0.0497. The number of benzene rings is 1. The van der Waals surface area contributed by atoms with Crippen LogP contribution in [0.2, 0.25) is 5.02 Å². The van der Waals surface area contributed by atoms with Gasteiger partial charge >= 0.3 is 12.0 Å². The molecule has 2 fully saturated rings. The molecule has 1 aromatic carbocycles. The number of amides is 3. The lowest BCUT2D eigenvalue weighted by atomic mass is 9.78. The number of urea groups is 1. The number of carbonyl (C=O) groups is 3. The number of aromatic nitrogens is 2. The first-order valence-corrected chi connectivity index (χ1v) is 12.7. The average Bonchev–Trinajstić information content (AvgIpc) is 3.12. The Balaban J connectivity index is 1.26. The molecule has 2 atom stereocenters. The first kappa shape index (κ1) is 23.7. The lowest BCUT2D eigenvalue weighted by Gasteiger charge is -2.47. The van der Waals surface area contributed by atoms with E-state index < -0.39 is 5.97 Å². The van der Waals surface area contributed by atoms with Crippen molar-refractivity contribution in [3.8, 4) is 0 Å². The lowest BCUT2D eigenvalue weighted by molar-refractivity contribution is -0.145. The summed E-state index contributed by atoms with van der Waals surface area (Å²) < 4.78 is 1.83. The van der Waals surface area contributed by atoms with Crippen molar-refractivity contribution in [2.75, 3.05) is 6.54 Å². The van der Waals surface area contributed by atoms with Crippen LogP contribution in [0.5, 0.6) is 0 Å². The highest BCUT2D eigenvalue weighted by molar-refractivity contribution is 6.30. The molecule has 2 aromatic rings. The van der Waals surface area contributed by atoms with Crippen LogP contribution in [-0.2, 0) is 24.4 Å².